The molecule has 0 fully saturated rings. The van der Waals surface area contributed by atoms with E-state index in [2.05, 4.69) is 23.6 Å². The quantitative estimate of drug-likeness (QED) is 0.728. The van der Waals surface area contributed by atoms with Crippen molar-refractivity contribution in [1.82, 2.24) is 4.57 Å². The van der Waals surface area contributed by atoms with Gasteiger partial charge in [0.05, 0.1) is 12.7 Å². The Kier molecular flexibility index (Phi) is 5.12. The summed E-state index contributed by atoms with van der Waals surface area (Å²) in [6.45, 7) is 4.81. The van der Waals surface area contributed by atoms with Crippen molar-refractivity contribution in [3.63, 3.8) is 0 Å². The summed E-state index contributed by atoms with van der Waals surface area (Å²) in [5, 5.41) is 0. The first kappa shape index (κ1) is 17.8. The van der Waals surface area contributed by atoms with Crippen LogP contribution in [0.15, 0.2) is 54.6 Å². The monoisotopic (exact) mass is 348 g/mol. The van der Waals surface area contributed by atoms with Gasteiger partial charge in [0.25, 0.3) is 5.91 Å². The number of nitrogens with zero attached hydrogens (tertiary/aromatic N) is 1. The Morgan fingerprint density at radius 3 is 2.23 bits per heavy atom. The molecule has 2 aromatic carbocycles. The molecule has 1 aromatic heterocycles. The maximum Gasteiger partial charge on any atom is 0.251 e. The Morgan fingerprint density at radius 2 is 1.65 bits per heavy atom. The normalized spacial score (nSPS) is 10.7. The molecule has 3 rings (SSSR count). The van der Waals surface area contributed by atoms with Crippen LogP contribution in [0, 0.1) is 13.8 Å². The van der Waals surface area contributed by atoms with Crippen molar-refractivity contribution in [2.45, 2.75) is 26.8 Å². The Morgan fingerprint density at radius 1 is 1.00 bits per heavy atom. The zero-order valence-corrected chi connectivity index (χ0v) is 15.5. The number of hydrogen-bond donors (Lipinski definition) is 1. The van der Waals surface area contributed by atoms with E-state index in [-0.39, 0.29) is 5.91 Å². The van der Waals surface area contributed by atoms with Crippen molar-refractivity contribution in [3.8, 4) is 16.9 Å². The third-order valence-corrected chi connectivity index (χ3v) is 4.88. The SMILES string of the molecule is COc1ccc(CCn2c(C)c(C(N)=O)c(-c3ccccc3)c2C)cc1. The second kappa shape index (κ2) is 7.48. The molecular formula is C22H24N2O2. The van der Waals surface area contributed by atoms with Crippen LogP contribution in [0.1, 0.15) is 27.3 Å². The van der Waals surface area contributed by atoms with Gasteiger partial charge in [-0.3, -0.25) is 4.79 Å². The minimum atomic E-state index is -0.382. The molecule has 0 aliphatic rings. The fraction of sp³-hybridized carbons (Fsp3) is 0.227. The van der Waals surface area contributed by atoms with Crippen molar-refractivity contribution in [2.24, 2.45) is 5.73 Å². The van der Waals surface area contributed by atoms with E-state index in [1.54, 1.807) is 7.11 Å². The molecule has 0 radical (unpaired) electrons. The minimum absolute atomic E-state index is 0.382. The van der Waals surface area contributed by atoms with Crippen molar-refractivity contribution in [3.05, 3.63) is 77.1 Å². The Bertz CT molecular complexity index is 910. The van der Waals surface area contributed by atoms with Crippen molar-refractivity contribution in [1.29, 1.82) is 0 Å². The number of benzene rings is 2. The van der Waals surface area contributed by atoms with Crippen molar-refractivity contribution < 1.29 is 9.53 Å². The van der Waals surface area contributed by atoms with Crippen LogP contribution in [0.4, 0.5) is 0 Å². The van der Waals surface area contributed by atoms with Crippen LogP contribution in [0.2, 0.25) is 0 Å². The van der Waals surface area contributed by atoms with E-state index in [0.29, 0.717) is 5.56 Å². The van der Waals surface area contributed by atoms with Gasteiger partial charge in [-0.15, -0.1) is 0 Å². The van der Waals surface area contributed by atoms with E-state index in [4.69, 9.17) is 10.5 Å². The smallest absolute Gasteiger partial charge is 0.251 e. The molecule has 0 unspecified atom stereocenters. The van der Waals surface area contributed by atoms with Gasteiger partial charge in [0.1, 0.15) is 5.75 Å². The number of methoxy groups -OCH3 is 1. The molecule has 0 atom stereocenters. The van der Waals surface area contributed by atoms with Gasteiger partial charge in [0.15, 0.2) is 0 Å². The highest BCUT2D eigenvalue weighted by atomic mass is 16.5. The Labute approximate surface area is 154 Å². The molecule has 134 valence electrons. The first-order chi connectivity index (χ1) is 12.5. The van der Waals surface area contributed by atoms with Gasteiger partial charge in [-0.05, 0) is 43.5 Å². The number of aryl methyl sites for hydroxylation is 1. The lowest BCUT2D eigenvalue weighted by Gasteiger charge is -2.10. The number of ether oxygens (including phenoxy) is 1. The topological polar surface area (TPSA) is 57.2 Å². The van der Waals surface area contributed by atoms with Gasteiger partial charge in [-0.25, -0.2) is 0 Å². The number of carbonyl (C=O) groups excluding carboxylic acids is 1. The Hall–Kier alpha value is -3.01. The number of primary amides is 1. The number of nitrogens with two attached hydrogens (primary N) is 1. The van der Waals surface area contributed by atoms with Crippen LogP contribution >= 0.6 is 0 Å². The predicted molar refractivity (Wildman–Crippen MR) is 105 cm³/mol. The summed E-state index contributed by atoms with van der Waals surface area (Å²) < 4.78 is 7.40. The maximum atomic E-state index is 12.1. The van der Waals surface area contributed by atoms with E-state index in [1.165, 1.54) is 5.56 Å². The highest BCUT2D eigenvalue weighted by Crippen LogP contribution is 2.32. The fourth-order valence-electron chi connectivity index (χ4n) is 3.51. The number of carbonyl (C=O) groups is 1. The van der Waals surface area contributed by atoms with E-state index >= 15 is 0 Å². The molecule has 4 nitrogen and oxygen atoms in total. The largest absolute Gasteiger partial charge is 0.497 e. The average molecular weight is 348 g/mol. The van der Waals surface area contributed by atoms with E-state index in [1.807, 2.05) is 49.4 Å². The Balaban J connectivity index is 1.95. The molecule has 0 aliphatic carbocycles. The lowest BCUT2D eigenvalue weighted by molar-refractivity contribution is 0.1000. The first-order valence-electron chi connectivity index (χ1n) is 8.70. The maximum absolute atomic E-state index is 12.1. The lowest BCUT2D eigenvalue weighted by Crippen LogP contribution is -2.13. The fourth-order valence-corrected chi connectivity index (χ4v) is 3.51. The van der Waals surface area contributed by atoms with Gasteiger partial charge >= 0.3 is 0 Å². The molecule has 0 saturated carbocycles. The number of amides is 1. The molecule has 4 heteroatoms. The van der Waals surface area contributed by atoms with Gasteiger partial charge in [0.2, 0.25) is 0 Å². The summed E-state index contributed by atoms with van der Waals surface area (Å²) in [5.41, 5.74) is 11.5. The van der Waals surface area contributed by atoms with Crippen LogP contribution in [0.25, 0.3) is 11.1 Å². The molecule has 1 heterocycles. The molecule has 0 bridgehead atoms. The highest BCUT2D eigenvalue weighted by molar-refractivity contribution is 6.02. The van der Waals surface area contributed by atoms with Crippen LogP contribution < -0.4 is 10.5 Å². The lowest BCUT2D eigenvalue weighted by atomic mass is 10.0. The van der Waals surface area contributed by atoms with Gasteiger partial charge in [-0.2, -0.15) is 0 Å². The molecule has 0 saturated heterocycles. The molecule has 2 N–H and O–H groups in total. The molecular weight excluding hydrogens is 324 g/mol. The second-order valence-electron chi connectivity index (χ2n) is 6.40. The van der Waals surface area contributed by atoms with Crippen molar-refractivity contribution >= 4 is 5.91 Å². The second-order valence-corrected chi connectivity index (χ2v) is 6.40. The predicted octanol–water partition coefficient (Wildman–Crippen LogP) is 4.12. The van der Waals surface area contributed by atoms with Crippen LogP contribution in [0.3, 0.4) is 0 Å². The third kappa shape index (κ3) is 3.36. The summed E-state index contributed by atoms with van der Waals surface area (Å²) in [6, 6.07) is 18.0. The number of hydrogen-bond acceptors (Lipinski definition) is 2. The molecule has 0 aliphatic heterocycles. The first-order valence-corrected chi connectivity index (χ1v) is 8.70. The average Bonchev–Trinajstić information content (AvgIpc) is 2.91. The summed E-state index contributed by atoms with van der Waals surface area (Å²) in [5.74, 6) is 0.470. The summed E-state index contributed by atoms with van der Waals surface area (Å²) >= 11 is 0. The summed E-state index contributed by atoms with van der Waals surface area (Å²) in [6.07, 6.45) is 0.868. The minimum Gasteiger partial charge on any atom is -0.497 e. The molecule has 26 heavy (non-hydrogen) atoms. The third-order valence-electron chi connectivity index (χ3n) is 4.88. The van der Waals surface area contributed by atoms with Crippen LogP contribution in [-0.2, 0) is 13.0 Å². The van der Waals surface area contributed by atoms with E-state index in [0.717, 1.165) is 41.2 Å². The van der Waals surface area contributed by atoms with Gasteiger partial charge < -0.3 is 15.0 Å². The highest BCUT2D eigenvalue weighted by Gasteiger charge is 2.22. The van der Waals surface area contributed by atoms with Crippen LogP contribution in [0.5, 0.6) is 5.75 Å². The van der Waals surface area contributed by atoms with E-state index < -0.39 is 0 Å². The summed E-state index contributed by atoms with van der Waals surface area (Å²) in [4.78, 5) is 12.1. The van der Waals surface area contributed by atoms with Gasteiger partial charge in [-0.1, -0.05) is 42.5 Å². The zero-order valence-electron chi connectivity index (χ0n) is 15.5. The molecule has 1 amide bonds. The van der Waals surface area contributed by atoms with Gasteiger partial charge in [0, 0.05) is 23.5 Å². The van der Waals surface area contributed by atoms with Crippen molar-refractivity contribution in [2.75, 3.05) is 7.11 Å². The standard InChI is InChI=1S/C22H24N2O2/c1-15-20(18-7-5-4-6-8-18)21(22(23)25)16(2)24(15)14-13-17-9-11-19(26-3)12-10-17/h4-12H,13-14H2,1-3H3,(H2,23,25). The molecule has 0 spiro atoms. The summed E-state index contributed by atoms with van der Waals surface area (Å²) in [7, 11) is 1.66. The van der Waals surface area contributed by atoms with Crippen LogP contribution in [-0.4, -0.2) is 17.6 Å². The zero-order chi connectivity index (χ0) is 18.7. The molecule has 3 aromatic rings. The number of aromatic nitrogens is 1. The number of rotatable bonds is 6. The van der Waals surface area contributed by atoms with E-state index in [9.17, 15) is 4.79 Å².